The molecular formula is C18H26N2O2S. The first-order valence-electron chi connectivity index (χ1n) is 8.21. The fourth-order valence-corrected chi connectivity index (χ4v) is 3.39. The van der Waals surface area contributed by atoms with Crippen molar-refractivity contribution in [2.45, 2.75) is 46.5 Å². The van der Waals surface area contributed by atoms with Crippen LogP contribution >= 0.6 is 11.3 Å². The molecule has 2 aromatic rings. The van der Waals surface area contributed by atoms with Crippen molar-refractivity contribution in [3.8, 4) is 16.3 Å². The Kier molecular flexibility index (Phi) is 6.99. The Bertz CT molecular complexity index is 602. The van der Waals surface area contributed by atoms with E-state index in [1.54, 1.807) is 18.4 Å². The van der Waals surface area contributed by atoms with Crippen LogP contribution in [0.2, 0.25) is 0 Å². The van der Waals surface area contributed by atoms with E-state index in [-0.39, 0.29) is 0 Å². The Morgan fingerprint density at radius 3 is 2.43 bits per heavy atom. The molecule has 126 valence electrons. The highest BCUT2D eigenvalue weighted by molar-refractivity contribution is 7.14. The normalized spacial score (nSPS) is 11.0. The molecule has 1 heterocycles. The molecule has 0 unspecified atom stereocenters. The van der Waals surface area contributed by atoms with Gasteiger partial charge in [0.1, 0.15) is 22.4 Å². The summed E-state index contributed by atoms with van der Waals surface area (Å²) in [6, 6.07) is 4.26. The lowest BCUT2D eigenvalue weighted by Gasteiger charge is -2.13. The molecule has 0 saturated heterocycles. The lowest BCUT2D eigenvalue weighted by atomic mass is 10.1. The molecule has 0 aliphatic carbocycles. The van der Waals surface area contributed by atoms with Crippen LogP contribution in [0.5, 0.6) is 5.75 Å². The molecular weight excluding hydrogens is 308 g/mol. The maximum Gasteiger partial charge on any atom is 0.147 e. The van der Waals surface area contributed by atoms with Crippen LogP contribution < -0.4 is 4.74 Å². The molecule has 0 bridgehead atoms. The lowest BCUT2D eigenvalue weighted by Crippen LogP contribution is -2.06. The molecule has 2 rings (SSSR count). The van der Waals surface area contributed by atoms with E-state index in [1.807, 2.05) is 0 Å². The molecule has 4 nitrogen and oxygen atoms in total. The predicted molar refractivity (Wildman–Crippen MR) is 95.4 cm³/mol. The standard InChI is InChI=1S/C18H26N2O2S/c1-5-6-7-8-16-19-20-18(23-16)15-11-13(2)17(14(3)12-15)22-10-9-21-4/h11-12H,5-10H2,1-4H3. The smallest absolute Gasteiger partial charge is 0.147 e. The Balaban J connectivity index is 2.11. The summed E-state index contributed by atoms with van der Waals surface area (Å²) in [4.78, 5) is 0. The number of rotatable bonds is 9. The zero-order valence-corrected chi connectivity index (χ0v) is 15.3. The molecule has 1 aromatic heterocycles. The topological polar surface area (TPSA) is 44.2 Å². The third-order valence-corrected chi connectivity index (χ3v) is 4.73. The maximum atomic E-state index is 5.81. The van der Waals surface area contributed by atoms with Gasteiger partial charge in [-0.3, -0.25) is 0 Å². The summed E-state index contributed by atoms with van der Waals surface area (Å²) >= 11 is 1.70. The minimum absolute atomic E-state index is 0.567. The number of nitrogens with zero attached hydrogens (tertiary/aromatic N) is 2. The number of benzene rings is 1. The fraction of sp³-hybridized carbons (Fsp3) is 0.556. The third kappa shape index (κ3) is 5.01. The molecule has 1 aromatic carbocycles. The molecule has 23 heavy (non-hydrogen) atoms. The summed E-state index contributed by atoms with van der Waals surface area (Å²) < 4.78 is 10.8. The van der Waals surface area contributed by atoms with Gasteiger partial charge in [0.2, 0.25) is 0 Å². The zero-order chi connectivity index (χ0) is 16.7. The molecule has 0 atom stereocenters. The van der Waals surface area contributed by atoms with Gasteiger partial charge in [-0.15, -0.1) is 10.2 Å². The zero-order valence-electron chi connectivity index (χ0n) is 14.5. The highest BCUT2D eigenvalue weighted by atomic mass is 32.1. The highest BCUT2D eigenvalue weighted by Gasteiger charge is 2.11. The molecule has 0 amide bonds. The minimum Gasteiger partial charge on any atom is -0.491 e. The van der Waals surface area contributed by atoms with Crippen LogP contribution in [0.1, 0.15) is 42.3 Å². The summed E-state index contributed by atoms with van der Waals surface area (Å²) in [6.07, 6.45) is 4.70. The molecule has 0 radical (unpaired) electrons. The predicted octanol–water partition coefficient (Wildman–Crippen LogP) is 4.58. The molecule has 0 spiro atoms. The second kappa shape index (κ2) is 8.99. The van der Waals surface area contributed by atoms with E-state index >= 15 is 0 Å². The van der Waals surface area contributed by atoms with Gasteiger partial charge < -0.3 is 9.47 Å². The highest BCUT2D eigenvalue weighted by Crippen LogP contribution is 2.32. The SMILES string of the molecule is CCCCCc1nnc(-c2cc(C)c(OCCOC)c(C)c2)s1. The quantitative estimate of drug-likeness (QED) is 0.630. The van der Waals surface area contributed by atoms with Gasteiger partial charge in [0.05, 0.1) is 6.61 Å². The largest absolute Gasteiger partial charge is 0.491 e. The van der Waals surface area contributed by atoms with Crippen LogP contribution in [0.25, 0.3) is 10.6 Å². The van der Waals surface area contributed by atoms with Crippen molar-refractivity contribution in [3.63, 3.8) is 0 Å². The van der Waals surface area contributed by atoms with E-state index in [2.05, 4.69) is 43.1 Å². The Morgan fingerprint density at radius 2 is 1.78 bits per heavy atom. The molecule has 0 saturated carbocycles. The number of methoxy groups -OCH3 is 1. The fourth-order valence-electron chi connectivity index (χ4n) is 2.53. The van der Waals surface area contributed by atoms with Crippen LogP contribution in [0, 0.1) is 13.8 Å². The van der Waals surface area contributed by atoms with Crippen molar-refractivity contribution in [3.05, 3.63) is 28.3 Å². The number of hydrogen-bond acceptors (Lipinski definition) is 5. The average molecular weight is 334 g/mol. The first-order valence-corrected chi connectivity index (χ1v) is 9.03. The van der Waals surface area contributed by atoms with Crippen LogP contribution in [-0.4, -0.2) is 30.5 Å². The van der Waals surface area contributed by atoms with Crippen molar-refractivity contribution in [2.24, 2.45) is 0 Å². The van der Waals surface area contributed by atoms with Crippen molar-refractivity contribution in [2.75, 3.05) is 20.3 Å². The Morgan fingerprint density at radius 1 is 1.04 bits per heavy atom. The van der Waals surface area contributed by atoms with E-state index in [1.165, 1.54) is 19.3 Å². The van der Waals surface area contributed by atoms with Gasteiger partial charge in [0.15, 0.2) is 0 Å². The molecule has 0 fully saturated rings. The van der Waals surface area contributed by atoms with Gasteiger partial charge in [-0.1, -0.05) is 31.1 Å². The molecule has 0 aliphatic heterocycles. The van der Waals surface area contributed by atoms with E-state index in [4.69, 9.17) is 9.47 Å². The summed E-state index contributed by atoms with van der Waals surface area (Å²) in [6.45, 7) is 7.52. The summed E-state index contributed by atoms with van der Waals surface area (Å²) in [5.41, 5.74) is 3.37. The second-order valence-corrected chi connectivity index (χ2v) is 6.80. The number of aryl methyl sites for hydroxylation is 3. The third-order valence-electron chi connectivity index (χ3n) is 3.70. The average Bonchev–Trinajstić information content (AvgIpc) is 2.99. The van der Waals surface area contributed by atoms with Crippen LogP contribution in [-0.2, 0) is 11.2 Å². The number of aromatic nitrogens is 2. The molecule has 0 N–H and O–H groups in total. The van der Waals surface area contributed by atoms with Gasteiger partial charge in [-0.25, -0.2) is 0 Å². The number of ether oxygens (including phenoxy) is 2. The van der Waals surface area contributed by atoms with Crippen LogP contribution in [0.4, 0.5) is 0 Å². The first kappa shape index (κ1) is 17.9. The molecule has 5 heteroatoms. The summed E-state index contributed by atoms with van der Waals surface area (Å²) in [7, 11) is 1.68. The Hall–Kier alpha value is -1.46. The van der Waals surface area contributed by atoms with Gasteiger partial charge in [0.25, 0.3) is 0 Å². The van der Waals surface area contributed by atoms with Crippen LogP contribution in [0.3, 0.4) is 0 Å². The van der Waals surface area contributed by atoms with Crippen molar-refractivity contribution in [1.29, 1.82) is 0 Å². The molecule has 0 aliphatic rings. The van der Waals surface area contributed by atoms with Gasteiger partial charge in [-0.05, 0) is 43.5 Å². The van der Waals surface area contributed by atoms with Crippen molar-refractivity contribution < 1.29 is 9.47 Å². The van der Waals surface area contributed by atoms with Crippen LogP contribution in [0.15, 0.2) is 12.1 Å². The maximum absolute atomic E-state index is 5.81. The minimum atomic E-state index is 0.567. The summed E-state index contributed by atoms with van der Waals surface area (Å²) in [5.74, 6) is 0.943. The van der Waals surface area contributed by atoms with Crippen molar-refractivity contribution in [1.82, 2.24) is 10.2 Å². The van der Waals surface area contributed by atoms with E-state index in [9.17, 15) is 0 Å². The van der Waals surface area contributed by atoms with Gasteiger partial charge in [0, 0.05) is 19.1 Å². The van der Waals surface area contributed by atoms with E-state index in [0.717, 1.165) is 38.9 Å². The monoisotopic (exact) mass is 334 g/mol. The van der Waals surface area contributed by atoms with Gasteiger partial charge in [-0.2, -0.15) is 0 Å². The number of hydrogen-bond donors (Lipinski definition) is 0. The van der Waals surface area contributed by atoms with Gasteiger partial charge >= 0.3 is 0 Å². The second-order valence-electron chi connectivity index (χ2n) is 5.74. The lowest BCUT2D eigenvalue weighted by molar-refractivity contribution is 0.145. The van der Waals surface area contributed by atoms with E-state index in [0.29, 0.717) is 13.2 Å². The Labute approximate surface area is 142 Å². The first-order chi connectivity index (χ1) is 11.2. The van der Waals surface area contributed by atoms with Crippen molar-refractivity contribution >= 4 is 11.3 Å². The number of unbranched alkanes of at least 4 members (excludes halogenated alkanes) is 2. The van der Waals surface area contributed by atoms with E-state index < -0.39 is 0 Å². The summed E-state index contributed by atoms with van der Waals surface area (Å²) in [5, 5.41) is 10.8.